The SMILES string of the molecule is c1cc(-c2ccc3oc4ccc5ccccc5c4c3c2)cc(-n2c3ccccc3c3ccccc32)c1. The molecule has 0 spiro atoms. The Bertz CT molecular complexity index is 2050. The van der Waals surface area contributed by atoms with Crippen LogP contribution in [0, 0.1) is 0 Å². The molecule has 0 bridgehead atoms. The van der Waals surface area contributed by atoms with Crippen LogP contribution in [0.2, 0.25) is 0 Å². The molecule has 0 aliphatic heterocycles. The molecule has 0 saturated heterocycles. The zero-order chi connectivity index (χ0) is 23.6. The maximum Gasteiger partial charge on any atom is 0.136 e. The van der Waals surface area contributed by atoms with E-state index in [1.165, 1.54) is 49.1 Å². The van der Waals surface area contributed by atoms with Crippen LogP contribution in [0.15, 0.2) is 132 Å². The second-order valence-electron chi connectivity index (χ2n) is 9.39. The Hall–Kier alpha value is -4.82. The number of para-hydroxylation sites is 2. The topological polar surface area (TPSA) is 18.1 Å². The Labute approximate surface area is 207 Å². The quantitative estimate of drug-likeness (QED) is 0.252. The lowest BCUT2D eigenvalue weighted by Gasteiger charge is -2.10. The molecular weight excluding hydrogens is 438 g/mol. The third kappa shape index (κ3) is 2.73. The van der Waals surface area contributed by atoms with E-state index >= 15 is 0 Å². The molecule has 0 N–H and O–H groups in total. The lowest BCUT2D eigenvalue weighted by Crippen LogP contribution is -1.94. The zero-order valence-electron chi connectivity index (χ0n) is 19.5. The first-order chi connectivity index (χ1) is 17.8. The summed E-state index contributed by atoms with van der Waals surface area (Å²) in [5, 5.41) is 7.34. The molecule has 36 heavy (non-hydrogen) atoms. The minimum absolute atomic E-state index is 0.920. The lowest BCUT2D eigenvalue weighted by molar-refractivity contribution is 0.669. The maximum absolute atomic E-state index is 6.23. The molecule has 8 aromatic rings. The van der Waals surface area contributed by atoms with Crippen LogP contribution in [0.4, 0.5) is 0 Å². The van der Waals surface area contributed by atoms with E-state index in [9.17, 15) is 0 Å². The van der Waals surface area contributed by atoms with Gasteiger partial charge in [-0.1, -0.05) is 84.9 Å². The van der Waals surface area contributed by atoms with E-state index in [1.54, 1.807) is 0 Å². The van der Waals surface area contributed by atoms with Gasteiger partial charge in [0.2, 0.25) is 0 Å². The summed E-state index contributed by atoms with van der Waals surface area (Å²) in [7, 11) is 0. The van der Waals surface area contributed by atoms with Crippen molar-refractivity contribution in [3.8, 4) is 16.8 Å². The molecule has 0 atom stereocenters. The van der Waals surface area contributed by atoms with Gasteiger partial charge in [0.05, 0.1) is 11.0 Å². The van der Waals surface area contributed by atoms with Crippen molar-refractivity contribution in [3.63, 3.8) is 0 Å². The first-order valence-corrected chi connectivity index (χ1v) is 12.3. The minimum atomic E-state index is 0.920. The molecule has 0 fully saturated rings. The van der Waals surface area contributed by atoms with Gasteiger partial charge in [0.15, 0.2) is 0 Å². The van der Waals surface area contributed by atoms with Gasteiger partial charge in [-0.25, -0.2) is 0 Å². The van der Waals surface area contributed by atoms with E-state index in [4.69, 9.17) is 4.42 Å². The Kier molecular flexibility index (Phi) is 3.97. The number of rotatable bonds is 2. The number of fused-ring (bicyclic) bond motifs is 8. The van der Waals surface area contributed by atoms with Gasteiger partial charge in [-0.3, -0.25) is 0 Å². The van der Waals surface area contributed by atoms with Gasteiger partial charge < -0.3 is 8.98 Å². The highest BCUT2D eigenvalue weighted by molar-refractivity contribution is 6.19. The number of furan rings is 1. The van der Waals surface area contributed by atoms with Gasteiger partial charge in [0.1, 0.15) is 11.2 Å². The summed E-state index contributed by atoms with van der Waals surface area (Å²) in [5.74, 6) is 0. The summed E-state index contributed by atoms with van der Waals surface area (Å²) in [6.07, 6.45) is 0. The largest absolute Gasteiger partial charge is 0.456 e. The molecule has 8 rings (SSSR count). The average molecular weight is 460 g/mol. The van der Waals surface area contributed by atoms with Crippen LogP contribution >= 0.6 is 0 Å². The molecule has 0 amide bonds. The fraction of sp³-hybridized carbons (Fsp3) is 0. The van der Waals surface area contributed by atoms with Crippen molar-refractivity contribution in [2.24, 2.45) is 0 Å². The van der Waals surface area contributed by atoms with Crippen molar-refractivity contribution in [2.45, 2.75) is 0 Å². The zero-order valence-corrected chi connectivity index (χ0v) is 19.5. The fourth-order valence-corrected chi connectivity index (χ4v) is 5.75. The van der Waals surface area contributed by atoms with Crippen molar-refractivity contribution in [1.29, 1.82) is 0 Å². The molecule has 0 unspecified atom stereocenters. The third-order valence-corrected chi connectivity index (χ3v) is 7.38. The average Bonchev–Trinajstić information content (AvgIpc) is 3.49. The van der Waals surface area contributed by atoms with Crippen molar-refractivity contribution in [2.75, 3.05) is 0 Å². The number of aromatic nitrogens is 1. The molecule has 0 aliphatic rings. The van der Waals surface area contributed by atoms with Gasteiger partial charge in [-0.05, 0) is 64.4 Å². The van der Waals surface area contributed by atoms with Crippen LogP contribution in [-0.4, -0.2) is 4.57 Å². The van der Waals surface area contributed by atoms with Gasteiger partial charge in [-0.15, -0.1) is 0 Å². The molecule has 2 aromatic heterocycles. The molecule has 0 aliphatic carbocycles. The van der Waals surface area contributed by atoms with Crippen LogP contribution in [0.3, 0.4) is 0 Å². The smallest absolute Gasteiger partial charge is 0.136 e. The van der Waals surface area contributed by atoms with Gasteiger partial charge in [-0.2, -0.15) is 0 Å². The van der Waals surface area contributed by atoms with Crippen molar-refractivity contribution >= 4 is 54.5 Å². The molecule has 6 aromatic carbocycles. The van der Waals surface area contributed by atoms with Crippen LogP contribution in [-0.2, 0) is 0 Å². The Morgan fingerprint density at radius 2 is 1.11 bits per heavy atom. The summed E-state index contributed by atoms with van der Waals surface area (Å²) in [6, 6.07) is 45.4. The Balaban J connectivity index is 1.36. The highest BCUT2D eigenvalue weighted by Crippen LogP contribution is 2.38. The van der Waals surface area contributed by atoms with Crippen molar-refractivity contribution in [3.05, 3.63) is 127 Å². The number of hydrogen-bond donors (Lipinski definition) is 0. The van der Waals surface area contributed by atoms with Crippen LogP contribution in [0.25, 0.3) is 71.3 Å². The predicted molar refractivity (Wildman–Crippen MR) is 151 cm³/mol. The highest BCUT2D eigenvalue weighted by Gasteiger charge is 2.14. The van der Waals surface area contributed by atoms with E-state index in [-0.39, 0.29) is 0 Å². The third-order valence-electron chi connectivity index (χ3n) is 7.38. The summed E-state index contributed by atoms with van der Waals surface area (Å²) >= 11 is 0. The van der Waals surface area contributed by atoms with Crippen LogP contribution in [0.5, 0.6) is 0 Å². The summed E-state index contributed by atoms with van der Waals surface area (Å²) in [6.45, 7) is 0. The van der Waals surface area contributed by atoms with E-state index < -0.39 is 0 Å². The highest BCUT2D eigenvalue weighted by atomic mass is 16.3. The summed E-state index contributed by atoms with van der Waals surface area (Å²) in [5.41, 5.74) is 7.82. The second-order valence-corrected chi connectivity index (χ2v) is 9.39. The van der Waals surface area contributed by atoms with E-state index in [0.29, 0.717) is 0 Å². The Morgan fingerprint density at radius 1 is 0.444 bits per heavy atom. The van der Waals surface area contributed by atoms with E-state index in [2.05, 4.69) is 132 Å². The summed E-state index contributed by atoms with van der Waals surface area (Å²) < 4.78 is 8.59. The van der Waals surface area contributed by atoms with Crippen molar-refractivity contribution in [1.82, 2.24) is 4.57 Å². The number of benzene rings is 6. The van der Waals surface area contributed by atoms with E-state index in [1.807, 2.05) is 0 Å². The first kappa shape index (κ1) is 19.5. The normalized spacial score (nSPS) is 11.9. The molecule has 2 heterocycles. The minimum Gasteiger partial charge on any atom is -0.456 e. The first-order valence-electron chi connectivity index (χ1n) is 12.3. The monoisotopic (exact) mass is 459 g/mol. The molecular formula is C34H21NO. The van der Waals surface area contributed by atoms with Crippen LogP contribution < -0.4 is 0 Å². The number of nitrogens with zero attached hydrogens (tertiary/aromatic N) is 1. The van der Waals surface area contributed by atoms with Gasteiger partial charge in [0.25, 0.3) is 0 Å². The standard InChI is InChI=1S/C34H21NO/c1-2-11-26-22(8-1)16-19-33-34(26)29-21-24(17-18-32(29)36-33)23-9-7-10-25(20-23)35-30-14-5-3-12-27(30)28-13-4-6-15-31(28)35/h1-21H. The van der Waals surface area contributed by atoms with Crippen LogP contribution in [0.1, 0.15) is 0 Å². The van der Waals surface area contributed by atoms with Gasteiger partial charge >= 0.3 is 0 Å². The van der Waals surface area contributed by atoms with Crippen molar-refractivity contribution < 1.29 is 4.42 Å². The van der Waals surface area contributed by atoms with E-state index in [0.717, 1.165) is 22.2 Å². The molecule has 2 heteroatoms. The number of hydrogen-bond acceptors (Lipinski definition) is 1. The van der Waals surface area contributed by atoms with Gasteiger partial charge in [0, 0.05) is 27.2 Å². The molecule has 0 radical (unpaired) electrons. The predicted octanol–water partition coefficient (Wildman–Crippen LogP) is 9.50. The molecule has 2 nitrogen and oxygen atoms in total. The second kappa shape index (κ2) is 7.34. The fourth-order valence-electron chi connectivity index (χ4n) is 5.75. The summed E-state index contributed by atoms with van der Waals surface area (Å²) in [4.78, 5) is 0. The lowest BCUT2D eigenvalue weighted by atomic mass is 10.00. The maximum atomic E-state index is 6.23. The Morgan fingerprint density at radius 3 is 1.92 bits per heavy atom. The molecule has 168 valence electrons. The molecule has 0 saturated carbocycles.